The average molecular weight is 384 g/mol. The second kappa shape index (κ2) is 14.2. The van der Waals surface area contributed by atoms with E-state index in [9.17, 15) is 0 Å². The molecule has 1 rings (SSSR count). The quantitative estimate of drug-likeness (QED) is 0.400. The van der Waals surface area contributed by atoms with Crippen molar-refractivity contribution < 1.29 is 4.74 Å². The van der Waals surface area contributed by atoms with Gasteiger partial charge in [-0.2, -0.15) is 0 Å². The molecular formula is C21H45N5O. The van der Waals surface area contributed by atoms with Gasteiger partial charge in [-0.15, -0.1) is 0 Å². The third-order valence-electron chi connectivity index (χ3n) is 5.23. The number of hydrogen-bond donors (Lipinski definition) is 2. The number of guanidine groups is 1. The van der Waals surface area contributed by atoms with Crippen molar-refractivity contribution in [3.8, 4) is 0 Å². The fraction of sp³-hybridized carbons (Fsp3) is 0.952. The lowest BCUT2D eigenvalue weighted by Gasteiger charge is -2.35. The average Bonchev–Trinajstić information content (AvgIpc) is 2.65. The Kier molecular flexibility index (Phi) is 12.7. The highest BCUT2D eigenvalue weighted by Crippen LogP contribution is 2.10. The number of nitrogens with one attached hydrogen (secondary N) is 2. The Morgan fingerprint density at radius 3 is 2.22 bits per heavy atom. The second-order valence-electron chi connectivity index (χ2n) is 8.01. The highest BCUT2D eigenvalue weighted by atomic mass is 16.5. The van der Waals surface area contributed by atoms with Crippen LogP contribution in [-0.2, 0) is 4.74 Å². The van der Waals surface area contributed by atoms with Crippen molar-refractivity contribution in [3.63, 3.8) is 0 Å². The molecule has 6 heteroatoms. The molecule has 1 aliphatic heterocycles. The lowest BCUT2D eigenvalue weighted by Crippen LogP contribution is -2.47. The lowest BCUT2D eigenvalue weighted by atomic mass is 10.0. The van der Waals surface area contributed by atoms with E-state index in [0.717, 1.165) is 45.2 Å². The predicted molar refractivity (Wildman–Crippen MR) is 117 cm³/mol. The molecule has 1 fully saturated rings. The fourth-order valence-corrected chi connectivity index (χ4v) is 3.53. The maximum Gasteiger partial charge on any atom is 0.191 e. The van der Waals surface area contributed by atoms with Gasteiger partial charge in [-0.1, -0.05) is 27.7 Å². The zero-order valence-electron chi connectivity index (χ0n) is 18.8. The van der Waals surface area contributed by atoms with Gasteiger partial charge in [-0.05, 0) is 38.6 Å². The van der Waals surface area contributed by atoms with Gasteiger partial charge in [0, 0.05) is 59.0 Å². The third-order valence-corrected chi connectivity index (χ3v) is 5.23. The van der Waals surface area contributed by atoms with E-state index >= 15 is 0 Å². The topological polar surface area (TPSA) is 52.1 Å². The molecule has 6 nitrogen and oxygen atoms in total. The molecule has 0 aromatic rings. The van der Waals surface area contributed by atoms with E-state index in [1.54, 1.807) is 0 Å². The Morgan fingerprint density at radius 1 is 1.00 bits per heavy atom. The van der Waals surface area contributed by atoms with E-state index in [0.29, 0.717) is 17.9 Å². The molecule has 0 saturated carbocycles. The van der Waals surface area contributed by atoms with Gasteiger partial charge in [0.05, 0.1) is 6.10 Å². The summed E-state index contributed by atoms with van der Waals surface area (Å²) in [5, 5.41) is 6.84. The number of piperazine rings is 1. The zero-order chi connectivity index (χ0) is 20.1. The number of nitrogens with zero attached hydrogens (tertiary/aromatic N) is 3. The van der Waals surface area contributed by atoms with Crippen LogP contribution < -0.4 is 10.6 Å². The van der Waals surface area contributed by atoms with Crippen molar-refractivity contribution in [2.45, 2.75) is 54.1 Å². The summed E-state index contributed by atoms with van der Waals surface area (Å²) in [7, 11) is 0. The monoisotopic (exact) mass is 383 g/mol. The van der Waals surface area contributed by atoms with Gasteiger partial charge in [-0.3, -0.25) is 4.99 Å². The van der Waals surface area contributed by atoms with Crippen LogP contribution in [0.25, 0.3) is 0 Å². The molecule has 0 bridgehead atoms. The van der Waals surface area contributed by atoms with Gasteiger partial charge in [0.15, 0.2) is 5.96 Å². The standard InChI is InChI=1S/C21H45N5O/c1-7-22-21(23-11-10-20(18(4)5)27-9-3)24-16-19(6)17-26-14-12-25(8-2)13-15-26/h18-20H,7-17H2,1-6H3,(H2,22,23,24). The molecule has 0 radical (unpaired) electrons. The number of hydrogen-bond acceptors (Lipinski definition) is 4. The summed E-state index contributed by atoms with van der Waals surface area (Å²) in [4.78, 5) is 9.93. The Hall–Kier alpha value is -0.850. The van der Waals surface area contributed by atoms with Crippen molar-refractivity contribution >= 4 is 5.96 Å². The van der Waals surface area contributed by atoms with E-state index in [1.807, 2.05) is 0 Å². The van der Waals surface area contributed by atoms with Crippen LogP contribution in [0.4, 0.5) is 0 Å². The summed E-state index contributed by atoms with van der Waals surface area (Å²) in [6, 6.07) is 0. The van der Waals surface area contributed by atoms with Crippen LogP contribution in [0, 0.1) is 11.8 Å². The van der Waals surface area contributed by atoms with Gasteiger partial charge in [0.1, 0.15) is 0 Å². The maximum absolute atomic E-state index is 5.83. The van der Waals surface area contributed by atoms with Crippen molar-refractivity contribution in [1.29, 1.82) is 0 Å². The smallest absolute Gasteiger partial charge is 0.191 e. The Bertz CT molecular complexity index is 394. The molecule has 0 amide bonds. The number of rotatable bonds is 12. The second-order valence-corrected chi connectivity index (χ2v) is 8.01. The summed E-state index contributed by atoms with van der Waals surface area (Å²) < 4.78 is 5.83. The normalized spacial score (nSPS) is 19.3. The van der Waals surface area contributed by atoms with E-state index < -0.39 is 0 Å². The van der Waals surface area contributed by atoms with Crippen LogP contribution in [0.2, 0.25) is 0 Å². The number of ether oxygens (including phenoxy) is 1. The molecular weight excluding hydrogens is 338 g/mol. The van der Waals surface area contributed by atoms with Crippen molar-refractivity contribution in [2.75, 3.05) is 65.5 Å². The van der Waals surface area contributed by atoms with Crippen LogP contribution in [0.1, 0.15) is 48.0 Å². The molecule has 2 atom stereocenters. The Balaban J connectivity index is 2.36. The van der Waals surface area contributed by atoms with Crippen LogP contribution in [0.15, 0.2) is 4.99 Å². The first-order valence-electron chi connectivity index (χ1n) is 11.1. The zero-order valence-corrected chi connectivity index (χ0v) is 18.8. The lowest BCUT2D eigenvalue weighted by molar-refractivity contribution is 0.0258. The maximum atomic E-state index is 5.83. The minimum Gasteiger partial charge on any atom is -0.378 e. The predicted octanol–water partition coefficient (Wildman–Crippen LogP) is 2.27. The van der Waals surface area contributed by atoms with Gasteiger partial charge >= 0.3 is 0 Å². The largest absolute Gasteiger partial charge is 0.378 e. The molecule has 0 spiro atoms. The minimum atomic E-state index is 0.311. The highest BCUT2D eigenvalue weighted by molar-refractivity contribution is 5.79. The molecule has 160 valence electrons. The number of likely N-dealkylation sites (N-methyl/N-ethyl adjacent to an activating group) is 1. The molecule has 2 N–H and O–H groups in total. The summed E-state index contributed by atoms with van der Waals surface area (Å²) in [6.45, 7) is 23.7. The third kappa shape index (κ3) is 10.3. The molecule has 27 heavy (non-hydrogen) atoms. The van der Waals surface area contributed by atoms with Gasteiger partial charge in [0.25, 0.3) is 0 Å². The van der Waals surface area contributed by atoms with Crippen molar-refractivity contribution in [2.24, 2.45) is 16.8 Å². The summed E-state index contributed by atoms with van der Waals surface area (Å²) >= 11 is 0. The van der Waals surface area contributed by atoms with Crippen LogP contribution in [0.5, 0.6) is 0 Å². The molecule has 0 aromatic carbocycles. The van der Waals surface area contributed by atoms with Crippen LogP contribution >= 0.6 is 0 Å². The summed E-state index contributed by atoms with van der Waals surface area (Å²) in [5.74, 6) is 2.04. The molecule has 0 aliphatic carbocycles. The molecule has 1 aliphatic rings. The molecule has 1 saturated heterocycles. The Labute approximate surface area is 168 Å². The van der Waals surface area contributed by atoms with E-state index in [1.165, 1.54) is 32.7 Å². The van der Waals surface area contributed by atoms with E-state index in [2.05, 4.69) is 62.0 Å². The summed E-state index contributed by atoms with van der Waals surface area (Å²) in [6.07, 6.45) is 1.32. The highest BCUT2D eigenvalue weighted by Gasteiger charge is 2.17. The SMILES string of the molecule is CCNC(=NCC(C)CN1CCN(CC)CC1)NCCC(OCC)C(C)C. The first-order valence-corrected chi connectivity index (χ1v) is 11.1. The number of aliphatic imine (C=N–C) groups is 1. The van der Waals surface area contributed by atoms with E-state index in [4.69, 9.17) is 9.73 Å². The van der Waals surface area contributed by atoms with Crippen LogP contribution in [0.3, 0.4) is 0 Å². The van der Waals surface area contributed by atoms with Crippen molar-refractivity contribution in [1.82, 2.24) is 20.4 Å². The Morgan fingerprint density at radius 2 is 1.67 bits per heavy atom. The van der Waals surface area contributed by atoms with E-state index in [-0.39, 0.29) is 0 Å². The first-order chi connectivity index (χ1) is 13.0. The van der Waals surface area contributed by atoms with Gasteiger partial charge in [0.2, 0.25) is 0 Å². The molecule has 1 heterocycles. The minimum absolute atomic E-state index is 0.311. The van der Waals surface area contributed by atoms with Gasteiger partial charge < -0.3 is 25.2 Å². The molecule has 0 aromatic heterocycles. The fourth-order valence-electron chi connectivity index (χ4n) is 3.53. The van der Waals surface area contributed by atoms with Crippen LogP contribution in [-0.4, -0.2) is 87.4 Å². The summed E-state index contributed by atoms with van der Waals surface area (Å²) in [5.41, 5.74) is 0. The van der Waals surface area contributed by atoms with Gasteiger partial charge in [-0.25, -0.2) is 0 Å². The van der Waals surface area contributed by atoms with Crippen molar-refractivity contribution in [3.05, 3.63) is 0 Å². The first kappa shape index (κ1) is 24.2. The molecule has 2 unspecified atom stereocenters.